The molecule has 208 valence electrons. The molecule has 0 atom stereocenters. The monoisotopic (exact) mass is 561 g/mol. The van der Waals surface area contributed by atoms with E-state index in [1.54, 1.807) is 28.2 Å². The molecule has 7 nitrogen and oxygen atoms in total. The van der Waals surface area contributed by atoms with Crippen LogP contribution < -0.4 is 10.3 Å². The summed E-state index contributed by atoms with van der Waals surface area (Å²) in [5.41, 5.74) is 1.90. The third-order valence-electron chi connectivity index (χ3n) is 7.35. The number of rotatable bonds is 13. The molecular formula is C29H40ClN3O4S. The van der Waals surface area contributed by atoms with Gasteiger partial charge in [0, 0.05) is 44.0 Å². The van der Waals surface area contributed by atoms with Crippen LogP contribution in [0.1, 0.15) is 56.9 Å². The van der Waals surface area contributed by atoms with Gasteiger partial charge >= 0.3 is 0 Å². The SMILES string of the molecule is Cl.Cn1c(=O)ccc2cc(OCCCCCN(CCc3cccnc3)S(=O)(=O)CC3CCCCC3)ccc21. The van der Waals surface area contributed by atoms with Crippen LogP contribution in [0.5, 0.6) is 5.75 Å². The molecule has 1 aliphatic carbocycles. The highest BCUT2D eigenvalue weighted by Crippen LogP contribution is 2.26. The molecule has 9 heteroatoms. The van der Waals surface area contributed by atoms with Gasteiger partial charge in [0.15, 0.2) is 0 Å². The minimum absolute atomic E-state index is 0. The number of hydrogen-bond donors (Lipinski definition) is 0. The van der Waals surface area contributed by atoms with E-state index in [2.05, 4.69) is 4.98 Å². The molecule has 0 N–H and O–H groups in total. The molecule has 4 rings (SSSR count). The lowest BCUT2D eigenvalue weighted by molar-refractivity contribution is 0.301. The van der Waals surface area contributed by atoms with Gasteiger partial charge in [-0.1, -0.05) is 25.3 Å². The number of fused-ring (bicyclic) bond motifs is 1. The maximum Gasteiger partial charge on any atom is 0.250 e. The van der Waals surface area contributed by atoms with Crippen LogP contribution >= 0.6 is 12.4 Å². The summed E-state index contributed by atoms with van der Waals surface area (Å²) in [4.78, 5) is 16.0. The summed E-state index contributed by atoms with van der Waals surface area (Å²) < 4.78 is 36.0. The summed E-state index contributed by atoms with van der Waals surface area (Å²) >= 11 is 0. The van der Waals surface area contributed by atoms with Crippen LogP contribution in [0, 0.1) is 5.92 Å². The first-order valence-electron chi connectivity index (χ1n) is 13.5. The van der Waals surface area contributed by atoms with Gasteiger partial charge in [0.1, 0.15) is 5.75 Å². The lowest BCUT2D eigenvalue weighted by Gasteiger charge is -2.27. The molecule has 1 saturated carbocycles. The first-order chi connectivity index (χ1) is 17.9. The van der Waals surface area contributed by atoms with Gasteiger partial charge in [0.05, 0.1) is 17.9 Å². The zero-order chi connectivity index (χ0) is 26.1. The van der Waals surface area contributed by atoms with Gasteiger partial charge in [-0.3, -0.25) is 9.78 Å². The zero-order valence-corrected chi connectivity index (χ0v) is 23.9. The van der Waals surface area contributed by atoms with Crippen LogP contribution in [-0.4, -0.2) is 47.7 Å². The van der Waals surface area contributed by atoms with E-state index in [1.165, 1.54) is 6.42 Å². The van der Waals surface area contributed by atoms with Gasteiger partial charge in [-0.05, 0) is 80.3 Å². The predicted octanol–water partition coefficient (Wildman–Crippen LogP) is 5.36. The number of halogens is 1. The normalized spacial score (nSPS) is 14.5. The van der Waals surface area contributed by atoms with E-state index < -0.39 is 10.0 Å². The fourth-order valence-corrected chi connectivity index (χ4v) is 7.07. The van der Waals surface area contributed by atoms with Crippen molar-refractivity contribution in [3.63, 3.8) is 0 Å². The minimum Gasteiger partial charge on any atom is -0.494 e. The Hall–Kier alpha value is -2.42. The van der Waals surface area contributed by atoms with Crippen molar-refractivity contribution in [3.05, 3.63) is 70.8 Å². The van der Waals surface area contributed by atoms with Gasteiger partial charge in [-0.15, -0.1) is 12.4 Å². The molecule has 1 aromatic carbocycles. The van der Waals surface area contributed by atoms with Gasteiger partial charge in [-0.25, -0.2) is 12.7 Å². The fourth-order valence-electron chi connectivity index (χ4n) is 5.16. The van der Waals surface area contributed by atoms with Crippen molar-refractivity contribution in [1.29, 1.82) is 0 Å². The minimum atomic E-state index is -3.30. The van der Waals surface area contributed by atoms with Crippen molar-refractivity contribution in [2.45, 2.75) is 57.8 Å². The Morgan fingerprint density at radius 3 is 2.61 bits per heavy atom. The number of nitrogens with zero attached hydrogens (tertiary/aromatic N) is 3. The average molecular weight is 562 g/mol. The first kappa shape index (κ1) is 30.1. The Balaban J connectivity index is 0.00000400. The van der Waals surface area contributed by atoms with Crippen molar-refractivity contribution < 1.29 is 13.2 Å². The smallest absolute Gasteiger partial charge is 0.250 e. The van der Waals surface area contributed by atoms with Crippen molar-refractivity contribution in [2.75, 3.05) is 25.4 Å². The number of unbranched alkanes of at least 4 members (excludes halogenated alkanes) is 2. The number of benzene rings is 1. The second-order valence-corrected chi connectivity index (χ2v) is 12.2. The van der Waals surface area contributed by atoms with E-state index in [4.69, 9.17) is 4.74 Å². The van der Waals surface area contributed by atoms with Gasteiger partial charge in [0.2, 0.25) is 10.0 Å². The molecule has 2 heterocycles. The third-order valence-corrected chi connectivity index (χ3v) is 9.40. The van der Waals surface area contributed by atoms with Crippen LogP contribution in [0.25, 0.3) is 10.9 Å². The zero-order valence-electron chi connectivity index (χ0n) is 22.3. The number of aryl methyl sites for hydroxylation is 1. The number of sulfonamides is 1. The highest BCUT2D eigenvalue weighted by Gasteiger charge is 2.27. The molecule has 0 radical (unpaired) electrons. The molecule has 0 bridgehead atoms. The van der Waals surface area contributed by atoms with Gasteiger partial charge < -0.3 is 9.30 Å². The van der Waals surface area contributed by atoms with E-state index in [9.17, 15) is 13.2 Å². The Bertz CT molecular complexity index is 1310. The topological polar surface area (TPSA) is 81.5 Å². The average Bonchev–Trinajstić information content (AvgIpc) is 2.90. The van der Waals surface area contributed by atoms with Gasteiger partial charge in [-0.2, -0.15) is 0 Å². The molecule has 2 aromatic heterocycles. The second kappa shape index (κ2) is 14.7. The largest absolute Gasteiger partial charge is 0.494 e. The molecule has 0 spiro atoms. The van der Waals surface area contributed by atoms with E-state index in [1.807, 2.05) is 42.6 Å². The standard InChI is InChI=1S/C29H39N3O4S.ClH/c1-31-28-14-13-27(21-26(28)12-15-29(31)33)36-20-7-3-6-18-32(19-16-24-11-8-17-30-22-24)37(34,35)23-25-9-4-2-5-10-25;/h8,11-15,17,21-22,25H,2-7,9-10,16,18-20,23H2,1H3;1H. The van der Waals surface area contributed by atoms with E-state index in [0.29, 0.717) is 26.1 Å². The predicted molar refractivity (Wildman–Crippen MR) is 156 cm³/mol. The highest BCUT2D eigenvalue weighted by atomic mass is 35.5. The number of aromatic nitrogens is 2. The molecule has 0 saturated heterocycles. The van der Waals surface area contributed by atoms with Crippen molar-refractivity contribution in [1.82, 2.24) is 13.9 Å². The lowest BCUT2D eigenvalue weighted by Crippen LogP contribution is -2.38. The maximum atomic E-state index is 13.3. The van der Waals surface area contributed by atoms with Crippen LogP contribution in [0.3, 0.4) is 0 Å². The molecule has 0 unspecified atom stereocenters. The summed E-state index contributed by atoms with van der Waals surface area (Å²) in [7, 11) is -1.53. The Kier molecular flexibility index (Phi) is 11.6. The summed E-state index contributed by atoms with van der Waals surface area (Å²) in [6, 6.07) is 13.0. The first-order valence-corrected chi connectivity index (χ1v) is 15.1. The Labute approximate surface area is 232 Å². The highest BCUT2D eigenvalue weighted by molar-refractivity contribution is 7.89. The second-order valence-electron chi connectivity index (χ2n) is 10.2. The lowest BCUT2D eigenvalue weighted by atomic mass is 9.91. The Morgan fingerprint density at radius 1 is 1.03 bits per heavy atom. The molecular weight excluding hydrogens is 522 g/mol. The molecule has 1 fully saturated rings. The Morgan fingerprint density at radius 2 is 1.84 bits per heavy atom. The number of hydrogen-bond acceptors (Lipinski definition) is 5. The van der Waals surface area contributed by atoms with E-state index >= 15 is 0 Å². The molecule has 1 aliphatic rings. The van der Waals surface area contributed by atoms with Crippen molar-refractivity contribution >= 4 is 33.3 Å². The molecule has 38 heavy (non-hydrogen) atoms. The molecule has 0 aliphatic heterocycles. The van der Waals surface area contributed by atoms with Crippen LogP contribution in [0.15, 0.2) is 59.7 Å². The van der Waals surface area contributed by atoms with Crippen LogP contribution in [0.4, 0.5) is 0 Å². The summed E-state index contributed by atoms with van der Waals surface area (Å²) in [6.45, 7) is 1.61. The number of pyridine rings is 2. The van der Waals surface area contributed by atoms with Crippen LogP contribution in [0.2, 0.25) is 0 Å². The summed E-state index contributed by atoms with van der Waals surface area (Å²) in [5, 5.41) is 0.965. The van der Waals surface area contributed by atoms with Crippen LogP contribution in [-0.2, 0) is 23.5 Å². The van der Waals surface area contributed by atoms with Crippen molar-refractivity contribution in [2.24, 2.45) is 13.0 Å². The van der Waals surface area contributed by atoms with E-state index in [-0.39, 0.29) is 29.6 Å². The molecule has 3 aromatic rings. The number of ether oxygens (including phenoxy) is 1. The molecule has 0 amide bonds. The summed E-state index contributed by atoms with van der Waals surface area (Å²) in [5.74, 6) is 1.34. The maximum absolute atomic E-state index is 13.3. The van der Waals surface area contributed by atoms with Gasteiger partial charge in [0.25, 0.3) is 5.56 Å². The third kappa shape index (κ3) is 8.55. The quantitative estimate of drug-likeness (QED) is 0.262. The van der Waals surface area contributed by atoms with Crippen molar-refractivity contribution in [3.8, 4) is 5.75 Å². The van der Waals surface area contributed by atoms with E-state index in [0.717, 1.165) is 67.2 Å². The summed E-state index contributed by atoms with van der Waals surface area (Å²) in [6.07, 6.45) is 12.3. The fraction of sp³-hybridized carbons (Fsp3) is 0.517.